The molecule has 0 spiro atoms. The first-order valence-corrected chi connectivity index (χ1v) is 11.1. The van der Waals surface area contributed by atoms with Crippen LogP contribution in [0.1, 0.15) is 68.2 Å². The molecule has 0 saturated heterocycles. The number of hydrogen-bond donors (Lipinski definition) is 2. The number of aliphatic hydroxyl groups is 1. The minimum absolute atomic E-state index is 0.229. The fraction of sp³-hybridized carbons (Fsp3) is 0.591. The van der Waals surface area contributed by atoms with Crippen molar-refractivity contribution in [3.05, 3.63) is 35.0 Å². The highest BCUT2D eigenvalue weighted by Crippen LogP contribution is 2.41. The number of aryl methyl sites for hydroxylation is 2. The normalized spacial score (nSPS) is 13.9. The van der Waals surface area contributed by atoms with Crippen LogP contribution in [0.4, 0.5) is 0 Å². The second-order valence-electron chi connectivity index (χ2n) is 7.38. The van der Waals surface area contributed by atoms with Gasteiger partial charge in [-0.25, -0.2) is 4.98 Å². The molecule has 0 bridgehead atoms. The largest absolute Gasteiger partial charge is 0.470 e. The molecular weight excluding hydrogens is 356 g/mol. The van der Waals surface area contributed by atoms with Crippen LogP contribution in [0.3, 0.4) is 0 Å². The number of benzene rings is 1. The molecular formula is C22H32N2O2S. The smallest absolute Gasteiger partial charge is 0.273 e. The van der Waals surface area contributed by atoms with E-state index in [0.29, 0.717) is 12.5 Å². The molecule has 1 atom stereocenters. The van der Waals surface area contributed by atoms with Gasteiger partial charge in [-0.05, 0) is 61.3 Å². The minimum Gasteiger partial charge on any atom is -0.470 e. The molecule has 0 aliphatic heterocycles. The maximum Gasteiger partial charge on any atom is 0.273 e. The monoisotopic (exact) mass is 388 g/mol. The average molecular weight is 389 g/mol. The lowest BCUT2D eigenvalue weighted by Gasteiger charge is -2.20. The Morgan fingerprint density at radius 2 is 2.11 bits per heavy atom. The lowest BCUT2D eigenvalue weighted by molar-refractivity contribution is 0.280. The van der Waals surface area contributed by atoms with Crippen LogP contribution in [0.25, 0.3) is 10.4 Å². The van der Waals surface area contributed by atoms with Crippen LogP contribution in [0.5, 0.6) is 5.19 Å². The predicted octanol–water partition coefficient (Wildman–Crippen LogP) is 4.68. The number of ether oxygens (including phenoxy) is 1. The van der Waals surface area contributed by atoms with Crippen molar-refractivity contribution in [1.82, 2.24) is 4.98 Å². The highest BCUT2D eigenvalue weighted by Gasteiger charge is 2.22. The van der Waals surface area contributed by atoms with Gasteiger partial charge in [0, 0.05) is 6.61 Å². The molecule has 0 saturated carbocycles. The number of aliphatic hydroxyl groups excluding tert-OH is 1. The van der Waals surface area contributed by atoms with Crippen LogP contribution < -0.4 is 10.5 Å². The van der Waals surface area contributed by atoms with Gasteiger partial charge in [0.25, 0.3) is 5.19 Å². The van der Waals surface area contributed by atoms with Gasteiger partial charge in [-0.2, -0.15) is 0 Å². The zero-order chi connectivity index (χ0) is 19.1. The summed E-state index contributed by atoms with van der Waals surface area (Å²) >= 11 is 1.68. The van der Waals surface area contributed by atoms with E-state index in [9.17, 15) is 0 Å². The third-order valence-electron chi connectivity index (χ3n) is 5.37. The van der Waals surface area contributed by atoms with E-state index in [1.807, 2.05) is 0 Å². The van der Waals surface area contributed by atoms with Crippen LogP contribution in [0, 0.1) is 0 Å². The quantitative estimate of drug-likeness (QED) is 0.548. The number of fused-ring (bicyclic) bond motifs is 3. The van der Waals surface area contributed by atoms with Crippen molar-refractivity contribution in [2.45, 2.75) is 64.2 Å². The van der Waals surface area contributed by atoms with Crippen molar-refractivity contribution < 1.29 is 9.84 Å². The maximum absolute atomic E-state index is 9.11. The summed E-state index contributed by atoms with van der Waals surface area (Å²) in [6.07, 6.45) is 8.59. The van der Waals surface area contributed by atoms with Crippen LogP contribution in [0.15, 0.2) is 18.2 Å². The fourth-order valence-electron chi connectivity index (χ4n) is 3.77. The summed E-state index contributed by atoms with van der Waals surface area (Å²) < 4.78 is 5.91. The third kappa shape index (κ3) is 5.09. The van der Waals surface area contributed by atoms with E-state index < -0.39 is 0 Å². The molecule has 1 aromatic heterocycles. The average Bonchev–Trinajstić information content (AvgIpc) is 3.11. The molecule has 1 heterocycles. The SMILES string of the molecule is CCCCCCOc1nc2c(s1)-c1ccc([C@H](CN)CCCO)cc1CC2. The number of rotatable bonds is 11. The summed E-state index contributed by atoms with van der Waals surface area (Å²) in [6.45, 7) is 3.84. The fourth-order valence-corrected chi connectivity index (χ4v) is 4.81. The summed E-state index contributed by atoms with van der Waals surface area (Å²) in [7, 11) is 0. The lowest BCUT2D eigenvalue weighted by atomic mass is 9.87. The van der Waals surface area contributed by atoms with Gasteiger partial charge in [0.05, 0.1) is 17.2 Å². The van der Waals surface area contributed by atoms with Gasteiger partial charge >= 0.3 is 0 Å². The molecule has 0 fully saturated rings. The summed E-state index contributed by atoms with van der Waals surface area (Å²) in [4.78, 5) is 6.00. The van der Waals surface area contributed by atoms with Gasteiger partial charge in [0.15, 0.2) is 0 Å². The van der Waals surface area contributed by atoms with E-state index in [-0.39, 0.29) is 6.61 Å². The van der Waals surface area contributed by atoms with Gasteiger partial charge in [-0.1, -0.05) is 55.7 Å². The van der Waals surface area contributed by atoms with Gasteiger partial charge < -0.3 is 15.6 Å². The van der Waals surface area contributed by atoms with E-state index in [2.05, 4.69) is 25.1 Å². The molecule has 4 nitrogen and oxygen atoms in total. The summed E-state index contributed by atoms with van der Waals surface area (Å²) in [5.74, 6) is 0.326. The standard InChI is InChI=1S/C22H32N2O2S/c1-2-3-4-5-13-26-22-24-20-11-9-17-14-16(18(15-23)7-6-12-25)8-10-19(17)21(20)27-22/h8,10,14,18,25H,2-7,9,11-13,15,23H2,1H3/t18-/m0/s1. The van der Waals surface area contributed by atoms with Crippen molar-refractivity contribution in [3.63, 3.8) is 0 Å². The molecule has 0 amide bonds. The third-order valence-corrected chi connectivity index (χ3v) is 6.42. The number of thiazole rings is 1. The molecule has 1 aliphatic rings. The highest BCUT2D eigenvalue weighted by molar-refractivity contribution is 7.17. The lowest BCUT2D eigenvalue weighted by Crippen LogP contribution is -2.14. The summed E-state index contributed by atoms with van der Waals surface area (Å²) in [5, 5.41) is 9.92. The maximum atomic E-state index is 9.11. The predicted molar refractivity (Wildman–Crippen MR) is 113 cm³/mol. The number of aromatic nitrogens is 1. The van der Waals surface area contributed by atoms with Crippen LogP contribution in [-0.2, 0) is 12.8 Å². The van der Waals surface area contributed by atoms with E-state index in [1.54, 1.807) is 11.3 Å². The van der Waals surface area contributed by atoms with Crippen LogP contribution in [-0.4, -0.2) is 29.8 Å². The van der Waals surface area contributed by atoms with Crippen molar-refractivity contribution >= 4 is 11.3 Å². The van der Waals surface area contributed by atoms with E-state index in [4.69, 9.17) is 20.6 Å². The first-order chi connectivity index (χ1) is 13.3. The first-order valence-electron chi connectivity index (χ1n) is 10.3. The summed E-state index contributed by atoms with van der Waals surface area (Å²) in [6, 6.07) is 6.75. The van der Waals surface area contributed by atoms with Crippen molar-refractivity contribution in [2.24, 2.45) is 5.73 Å². The van der Waals surface area contributed by atoms with E-state index in [0.717, 1.165) is 43.9 Å². The van der Waals surface area contributed by atoms with Gasteiger partial charge in [0.2, 0.25) is 0 Å². The van der Waals surface area contributed by atoms with Crippen molar-refractivity contribution in [3.8, 4) is 15.6 Å². The minimum atomic E-state index is 0.229. The van der Waals surface area contributed by atoms with Crippen LogP contribution >= 0.6 is 11.3 Å². The number of unbranched alkanes of at least 4 members (excludes halogenated alkanes) is 3. The molecule has 0 unspecified atom stereocenters. The Kier molecular flexibility index (Phi) is 7.68. The molecule has 1 aromatic carbocycles. The number of nitrogens with two attached hydrogens (primary N) is 1. The molecule has 5 heteroatoms. The van der Waals surface area contributed by atoms with E-state index >= 15 is 0 Å². The molecule has 2 aromatic rings. The van der Waals surface area contributed by atoms with Crippen LogP contribution in [0.2, 0.25) is 0 Å². The Morgan fingerprint density at radius 3 is 2.89 bits per heavy atom. The molecule has 0 radical (unpaired) electrons. The second-order valence-corrected chi connectivity index (χ2v) is 8.34. The molecule has 3 rings (SSSR count). The molecule has 27 heavy (non-hydrogen) atoms. The van der Waals surface area contributed by atoms with Gasteiger partial charge in [-0.3, -0.25) is 0 Å². The first kappa shape index (κ1) is 20.3. The van der Waals surface area contributed by atoms with Gasteiger partial charge in [-0.15, -0.1) is 0 Å². The molecule has 148 valence electrons. The van der Waals surface area contributed by atoms with Crippen molar-refractivity contribution in [2.75, 3.05) is 19.8 Å². The Morgan fingerprint density at radius 1 is 1.22 bits per heavy atom. The summed E-state index contributed by atoms with van der Waals surface area (Å²) in [5.41, 5.74) is 11.1. The topological polar surface area (TPSA) is 68.4 Å². The van der Waals surface area contributed by atoms with Crippen molar-refractivity contribution in [1.29, 1.82) is 0 Å². The Hall–Kier alpha value is -1.43. The Bertz CT molecular complexity index is 729. The zero-order valence-electron chi connectivity index (χ0n) is 16.4. The zero-order valence-corrected chi connectivity index (χ0v) is 17.2. The van der Waals surface area contributed by atoms with Gasteiger partial charge in [0.1, 0.15) is 0 Å². The number of hydrogen-bond acceptors (Lipinski definition) is 5. The molecule has 3 N–H and O–H groups in total. The number of nitrogens with zero attached hydrogens (tertiary/aromatic N) is 1. The highest BCUT2D eigenvalue weighted by atomic mass is 32.1. The van der Waals surface area contributed by atoms with E-state index in [1.165, 1.54) is 46.5 Å². The Labute approximate surface area is 166 Å². The Balaban J connectivity index is 1.70. The second kappa shape index (κ2) is 10.2. The molecule has 1 aliphatic carbocycles.